The van der Waals surface area contributed by atoms with Crippen LogP contribution in [0.1, 0.15) is 20.7 Å². The molecule has 0 aromatic heterocycles. The number of amides is 2. The van der Waals surface area contributed by atoms with E-state index < -0.39 is 11.8 Å². The van der Waals surface area contributed by atoms with E-state index >= 15 is 0 Å². The van der Waals surface area contributed by atoms with Gasteiger partial charge in [-0.1, -0.05) is 23.3 Å². The molecule has 9 nitrogen and oxygen atoms in total. The largest absolute Gasteiger partial charge is 0.394 e. The molecule has 1 heterocycles. The van der Waals surface area contributed by atoms with E-state index in [4.69, 9.17) is 20.1 Å². The zero-order valence-electron chi connectivity index (χ0n) is 14.5. The van der Waals surface area contributed by atoms with Gasteiger partial charge in [0.05, 0.1) is 39.6 Å². The van der Waals surface area contributed by atoms with Crippen molar-refractivity contribution in [2.24, 2.45) is 5.11 Å². The summed E-state index contributed by atoms with van der Waals surface area (Å²) in [6, 6.07) is 8.21. The Balaban J connectivity index is 1.78. The zero-order chi connectivity index (χ0) is 19.2. The maximum atomic E-state index is 12.8. The van der Waals surface area contributed by atoms with E-state index in [9.17, 15) is 9.59 Å². The molecule has 1 aliphatic heterocycles. The normalized spacial score (nSPS) is 13.1. The van der Waals surface area contributed by atoms with Gasteiger partial charge in [0.2, 0.25) is 0 Å². The van der Waals surface area contributed by atoms with Gasteiger partial charge in [-0.15, -0.1) is 0 Å². The lowest BCUT2D eigenvalue weighted by Gasteiger charge is -2.27. The maximum absolute atomic E-state index is 12.8. The fourth-order valence-corrected chi connectivity index (χ4v) is 3.01. The zero-order valence-corrected chi connectivity index (χ0v) is 14.5. The lowest BCUT2D eigenvalue weighted by Crippen LogP contribution is -2.42. The van der Waals surface area contributed by atoms with Crippen LogP contribution in [-0.2, 0) is 9.47 Å². The molecule has 3 rings (SSSR count). The van der Waals surface area contributed by atoms with Gasteiger partial charge in [0, 0.05) is 27.1 Å². The van der Waals surface area contributed by atoms with E-state index in [1.807, 2.05) is 0 Å². The highest BCUT2D eigenvalue weighted by atomic mass is 16.5. The summed E-state index contributed by atoms with van der Waals surface area (Å²) in [5.41, 5.74) is 9.86. The van der Waals surface area contributed by atoms with Gasteiger partial charge in [-0.05, 0) is 23.1 Å². The van der Waals surface area contributed by atoms with Crippen LogP contribution in [0.2, 0.25) is 0 Å². The highest BCUT2D eigenvalue weighted by Crippen LogP contribution is 2.35. The third-order valence-corrected chi connectivity index (χ3v) is 4.19. The van der Waals surface area contributed by atoms with Crippen molar-refractivity contribution in [2.75, 3.05) is 39.6 Å². The fraction of sp³-hybridized carbons (Fsp3) is 0.333. The van der Waals surface area contributed by atoms with Crippen LogP contribution in [-0.4, -0.2) is 61.4 Å². The van der Waals surface area contributed by atoms with Crippen LogP contribution in [0.5, 0.6) is 0 Å². The minimum absolute atomic E-state index is 0.0525. The molecule has 140 valence electrons. The number of benzene rings is 2. The number of aliphatic hydroxyl groups excluding tert-OH is 1. The highest BCUT2D eigenvalue weighted by molar-refractivity contribution is 6.26. The van der Waals surface area contributed by atoms with Crippen molar-refractivity contribution in [3.63, 3.8) is 0 Å². The number of azide groups is 1. The molecule has 0 saturated carbocycles. The molecule has 0 bridgehead atoms. The van der Waals surface area contributed by atoms with E-state index in [1.54, 1.807) is 30.3 Å². The van der Waals surface area contributed by atoms with Crippen LogP contribution in [0.15, 0.2) is 35.4 Å². The smallest absolute Gasteiger partial charge is 0.261 e. The first-order valence-corrected chi connectivity index (χ1v) is 8.42. The van der Waals surface area contributed by atoms with Crippen LogP contribution >= 0.6 is 0 Å². The Labute approximate surface area is 154 Å². The second-order valence-electron chi connectivity index (χ2n) is 5.76. The summed E-state index contributed by atoms with van der Waals surface area (Å²) in [4.78, 5) is 29.5. The first-order chi connectivity index (χ1) is 13.2. The molecule has 0 unspecified atom stereocenters. The van der Waals surface area contributed by atoms with Gasteiger partial charge < -0.3 is 14.6 Å². The molecule has 1 aliphatic rings. The first-order valence-electron chi connectivity index (χ1n) is 8.42. The first kappa shape index (κ1) is 18.8. The third-order valence-electron chi connectivity index (χ3n) is 4.19. The molecule has 0 radical (unpaired) electrons. The number of carbonyl (C=O) groups is 2. The summed E-state index contributed by atoms with van der Waals surface area (Å²) in [6.07, 6.45) is 0. The summed E-state index contributed by atoms with van der Waals surface area (Å²) >= 11 is 0. The Morgan fingerprint density at radius 3 is 2.41 bits per heavy atom. The van der Waals surface area contributed by atoms with E-state index in [-0.39, 0.29) is 26.4 Å². The molecule has 0 aliphatic carbocycles. The second-order valence-corrected chi connectivity index (χ2v) is 5.76. The summed E-state index contributed by atoms with van der Waals surface area (Å²) < 4.78 is 10.5. The van der Waals surface area contributed by atoms with Crippen molar-refractivity contribution in [3.8, 4) is 0 Å². The van der Waals surface area contributed by atoms with Crippen molar-refractivity contribution in [3.05, 3.63) is 51.9 Å². The van der Waals surface area contributed by atoms with Gasteiger partial charge in [0.15, 0.2) is 0 Å². The molecule has 2 aromatic carbocycles. The van der Waals surface area contributed by atoms with Crippen molar-refractivity contribution in [1.82, 2.24) is 4.90 Å². The number of carbonyl (C=O) groups excluding carboxylic acids is 2. The molecule has 27 heavy (non-hydrogen) atoms. The SMILES string of the molecule is [N-]=[N+]=Nc1ccc2c3c(cccc13)C(=O)N(CCOCCOCCO)C2=O. The Morgan fingerprint density at radius 1 is 1.00 bits per heavy atom. The van der Waals surface area contributed by atoms with Crippen LogP contribution in [0.3, 0.4) is 0 Å². The van der Waals surface area contributed by atoms with Crippen molar-refractivity contribution in [1.29, 1.82) is 0 Å². The standard InChI is InChI=1S/C18H18N4O5/c19-21-20-15-5-4-14-16-12(15)2-1-3-13(16)17(24)22(18(14)25)6-8-26-10-11-27-9-7-23/h1-5,23H,6-11H2. The van der Waals surface area contributed by atoms with Crippen molar-refractivity contribution < 1.29 is 24.2 Å². The van der Waals surface area contributed by atoms with Crippen LogP contribution in [0, 0.1) is 0 Å². The molecule has 2 amide bonds. The number of hydrogen-bond acceptors (Lipinski definition) is 6. The molecule has 9 heteroatoms. The highest BCUT2D eigenvalue weighted by Gasteiger charge is 2.32. The van der Waals surface area contributed by atoms with E-state index in [1.165, 1.54) is 0 Å². The van der Waals surface area contributed by atoms with Gasteiger partial charge >= 0.3 is 0 Å². The Morgan fingerprint density at radius 2 is 1.70 bits per heavy atom. The predicted molar refractivity (Wildman–Crippen MR) is 96.8 cm³/mol. The molecule has 0 atom stereocenters. The minimum Gasteiger partial charge on any atom is -0.394 e. The molecule has 0 saturated heterocycles. The molecular weight excluding hydrogens is 352 g/mol. The number of imide groups is 1. The van der Waals surface area contributed by atoms with Gasteiger partial charge in [0.1, 0.15) is 0 Å². The maximum Gasteiger partial charge on any atom is 0.261 e. The Bertz CT molecular complexity index is 901. The fourth-order valence-electron chi connectivity index (χ4n) is 3.01. The van der Waals surface area contributed by atoms with Gasteiger partial charge in [0.25, 0.3) is 11.8 Å². The second kappa shape index (κ2) is 8.61. The summed E-state index contributed by atoms with van der Waals surface area (Å²) in [6.45, 7) is 1.12. The minimum atomic E-state index is -0.406. The average Bonchev–Trinajstić information content (AvgIpc) is 2.68. The molecular formula is C18H18N4O5. The lowest BCUT2D eigenvalue weighted by atomic mass is 9.93. The number of hydrogen-bond donors (Lipinski definition) is 1. The molecule has 1 N–H and O–H groups in total. The summed E-state index contributed by atoms with van der Waals surface area (Å²) in [5.74, 6) is -0.812. The van der Waals surface area contributed by atoms with Crippen LogP contribution < -0.4 is 0 Å². The lowest BCUT2D eigenvalue weighted by molar-refractivity contribution is 0.0248. The number of rotatable bonds is 9. The Hall–Kier alpha value is -2.97. The van der Waals surface area contributed by atoms with Gasteiger partial charge in [-0.25, -0.2) is 0 Å². The van der Waals surface area contributed by atoms with E-state index in [0.717, 1.165) is 4.90 Å². The van der Waals surface area contributed by atoms with Crippen LogP contribution in [0.4, 0.5) is 5.69 Å². The van der Waals surface area contributed by atoms with E-state index in [2.05, 4.69) is 10.0 Å². The molecule has 0 spiro atoms. The topological polar surface area (TPSA) is 125 Å². The quantitative estimate of drug-likeness (QED) is 0.238. The number of nitrogens with zero attached hydrogens (tertiary/aromatic N) is 4. The monoisotopic (exact) mass is 370 g/mol. The summed E-state index contributed by atoms with van der Waals surface area (Å²) in [7, 11) is 0. The summed E-state index contributed by atoms with van der Waals surface area (Å²) in [5, 5.41) is 13.3. The predicted octanol–water partition coefficient (Wildman–Crippen LogP) is 2.40. The molecule has 2 aromatic rings. The van der Waals surface area contributed by atoms with Crippen LogP contribution in [0.25, 0.3) is 21.2 Å². The molecule has 0 fully saturated rings. The Kier molecular flexibility index (Phi) is 6.00. The van der Waals surface area contributed by atoms with Crippen molar-refractivity contribution in [2.45, 2.75) is 0 Å². The van der Waals surface area contributed by atoms with Crippen molar-refractivity contribution >= 4 is 28.3 Å². The van der Waals surface area contributed by atoms with Gasteiger partial charge in [-0.3, -0.25) is 14.5 Å². The van der Waals surface area contributed by atoms with E-state index in [0.29, 0.717) is 40.8 Å². The number of ether oxygens (including phenoxy) is 2. The average molecular weight is 370 g/mol. The van der Waals surface area contributed by atoms with Gasteiger partial charge in [-0.2, -0.15) is 0 Å². The third kappa shape index (κ3) is 3.76. The number of aliphatic hydroxyl groups is 1.